The quantitative estimate of drug-likeness (QED) is 0.834. The van der Waals surface area contributed by atoms with Gasteiger partial charge in [-0.1, -0.05) is 31.9 Å². The van der Waals surface area contributed by atoms with Crippen LogP contribution in [0.15, 0.2) is 0 Å². The van der Waals surface area contributed by atoms with Crippen molar-refractivity contribution in [1.82, 2.24) is 20.3 Å². The van der Waals surface area contributed by atoms with Gasteiger partial charge in [0.2, 0.25) is 0 Å². The van der Waals surface area contributed by atoms with Crippen LogP contribution in [0.2, 0.25) is 0 Å². The van der Waals surface area contributed by atoms with E-state index in [9.17, 15) is 0 Å². The van der Waals surface area contributed by atoms with Crippen molar-refractivity contribution in [2.24, 2.45) is 5.92 Å². The average Bonchev–Trinajstić information content (AvgIpc) is 2.76. The molecular formula is C13H24N4O. The molecule has 2 rings (SSSR count). The fourth-order valence-corrected chi connectivity index (χ4v) is 2.34. The van der Waals surface area contributed by atoms with Crippen LogP contribution in [0.5, 0.6) is 0 Å². The van der Waals surface area contributed by atoms with Gasteiger partial charge in [0.1, 0.15) is 0 Å². The molecule has 0 radical (unpaired) electrons. The molecule has 5 heteroatoms. The summed E-state index contributed by atoms with van der Waals surface area (Å²) in [5.74, 6) is 0.776. The SMILES string of the molecule is CCC(CC)CNC[C@H]1Cn2nnc(C)c2CO1. The Balaban J connectivity index is 1.76. The third-order valence-corrected chi connectivity index (χ3v) is 3.82. The van der Waals surface area contributed by atoms with Gasteiger partial charge in [0, 0.05) is 6.54 Å². The van der Waals surface area contributed by atoms with Crippen molar-refractivity contribution >= 4 is 0 Å². The Morgan fingerprint density at radius 3 is 2.94 bits per heavy atom. The lowest BCUT2D eigenvalue weighted by molar-refractivity contribution is 0.000442. The zero-order chi connectivity index (χ0) is 13.0. The predicted molar refractivity (Wildman–Crippen MR) is 70.3 cm³/mol. The van der Waals surface area contributed by atoms with Crippen molar-refractivity contribution in [2.75, 3.05) is 13.1 Å². The molecule has 0 aromatic carbocycles. The number of ether oxygens (including phenoxy) is 1. The van der Waals surface area contributed by atoms with E-state index in [-0.39, 0.29) is 6.10 Å². The number of aromatic nitrogens is 3. The van der Waals surface area contributed by atoms with Crippen LogP contribution < -0.4 is 5.32 Å². The second-order valence-corrected chi connectivity index (χ2v) is 5.08. The van der Waals surface area contributed by atoms with E-state index in [1.165, 1.54) is 12.8 Å². The van der Waals surface area contributed by atoms with Gasteiger partial charge in [0.05, 0.1) is 30.6 Å². The maximum atomic E-state index is 5.83. The molecule has 18 heavy (non-hydrogen) atoms. The highest BCUT2D eigenvalue weighted by atomic mass is 16.5. The molecule has 0 fully saturated rings. The molecule has 1 aliphatic heterocycles. The fourth-order valence-electron chi connectivity index (χ4n) is 2.34. The van der Waals surface area contributed by atoms with Gasteiger partial charge in [-0.3, -0.25) is 0 Å². The summed E-state index contributed by atoms with van der Waals surface area (Å²) in [6.07, 6.45) is 2.69. The number of rotatable bonds is 6. The smallest absolute Gasteiger partial charge is 0.0909 e. The van der Waals surface area contributed by atoms with Crippen LogP contribution in [-0.2, 0) is 17.9 Å². The minimum Gasteiger partial charge on any atom is -0.369 e. The van der Waals surface area contributed by atoms with E-state index >= 15 is 0 Å². The van der Waals surface area contributed by atoms with Crippen molar-refractivity contribution in [1.29, 1.82) is 0 Å². The molecule has 2 heterocycles. The molecule has 0 amide bonds. The van der Waals surface area contributed by atoms with Crippen LogP contribution in [0.25, 0.3) is 0 Å². The van der Waals surface area contributed by atoms with E-state index in [2.05, 4.69) is 29.5 Å². The third kappa shape index (κ3) is 3.09. The van der Waals surface area contributed by atoms with Gasteiger partial charge in [0.25, 0.3) is 0 Å². The van der Waals surface area contributed by atoms with Gasteiger partial charge < -0.3 is 10.1 Å². The molecule has 1 N–H and O–H groups in total. The molecule has 1 aromatic heterocycles. The number of nitrogens with zero attached hydrogens (tertiary/aromatic N) is 3. The average molecular weight is 252 g/mol. The summed E-state index contributed by atoms with van der Waals surface area (Å²) in [5, 5.41) is 11.7. The molecule has 0 saturated carbocycles. The van der Waals surface area contributed by atoms with Crippen molar-refractivity contribution in [3.8, 4) is 0 Å². The molecule has 102 valence electrons. The van der Waals surface area contributed by atoms with E-state index < -0.39 is 0 Å². The highest BCUT2D eigenvalue weighted by Crippen LogP contribution is 2.14. The predicted octanol–water partition coefficient (Wildman–Crippen LogP) is 1.51. The molecule has 0 aliphatic carbocycles. The Morgan fingerprint density at radius 1 is 1.44 bits per heavy atom. The Hall–Kier alpha value is -0.940. The number of aryl methyl sites for hydroxylation is 1. The van der Waals surface area contributed by atoms with Crippen molar-refractivity contribution in [3.63, 3.8) is 0 Å². The maximum absolute atomic E-state index is 5.83. The minimum atomic E-state index is 0.216. The van der Waals surface area contributed by atoms with Gasteiger partial charge in [-0.05, 0) is 19.4 Å². The van der Waals surface area contributed by atoms with E-state index in [4.69, 9.17) is 4.74 Å². The summed E-state index contributed by atoms with van der Waals surface area (Å²) < 4.78 is 7.80. The van der Waals surface area contributed by atoms with Crippen LogP contribution >= 0.6 is 0 Å². The summed E-state index contributed by atoms with van der Waals surface area (Å²) in [5.41, 5.74) is 2.10. The van der Waals surface area contributed by atoms with Crippen LogP contribution in [0.4, 0.5) is 0 Å². The monoisotopic (exact) mass is 252 g/mol. The van der Waals surface area contributed by atoms with Crippen molar-refractivity contribution < 1.29 is 4.74 Å². The molecule has 0 spiro atoms. The first-order valence-electron chi connectivity index (χ1n) is 6.95. The molecular weight excluding hydrogens is 228 g/mol. The molecule has 0 unspecified atom stereocenters. The lowest BCUT2D eigenvalue weighted by atomic mass is 10.0. The summed E-state index contributed by atoms with van der Waals surface area (Å²) in [4.78, 5) is 0. The highest BCUT2D eigenvalue weighted by Gasteiger charge is 2.21. The normalized spacial score (nSPS) is 19.2. The highest BCUT2D eigenvalue weighted by molar-refractivity contribution is 5.08. The second kappa shape index (κ2) is 6.29. The summed E-state index contributed by atoms with van der Waals surface area (Å²) in [6, 6.07) is 0. The third-order valence-electron chi connectivity index (χ3n) is 3.82. The molecule has 1 atom stereocenters. The van der Waals surface area contributed by atoms with Crippen LogP contribution in [-0.4, -0.2) is 34.2 Å². The van der Waals surface area contributed by atoms with E-state index in [0.29, 0.717) is 6.61 Å². The first-order chi connectivity index (χ1) is 8.74. The Labute approximate surface area is 109 Å². The van der Waals surface area contributed by atoms with Gasteiger partial charge in [-0.15, -0.1) is 5.10 Å². The largest absolute Gasteiger partial charge is 0.369 e. The standard InChI is InChI=1S/C13H24N4O/c1-4-11(5-2)6-14-7-12-8-17-13(9-18-12)10(3)15-16-17/h11-12,14H,4-9H2,1-3H3/t12-/m0/s1. The van der Waals surface area contributed by atoms with Crippen LogP contribution in [0, 0.1) is 12.8 Å². The van der Waals surface area contributed by atoms with Gasteiger partial charge in [0.15, 0.2) is 0 Å². The van der Waals surface area contributed by atoms with E-state index in [1.807, 2.05) is 11.6 Å². The number of hydrogen-bond acceptors (Lipinski definition) is 4. The number of nitrogens with one attached hydrogen (secondary N) is 1. The molecule has 5 nitrogen and oxygen atoms in total. The second-order valence-electron chi connectivity index (χ2n) is 5.08. The first kappa shape index (κ1) is 13.5. The minimum absolute atomic E-state index is 0.216. The maximum Gasteiger partial charge on any atom is 0.0909 e. The molecule has 1 aliphatic rings. The fraction of sp³-hybridized carbons (Fsp3) is 0.846. The lowest BCUT2D eigenvalue weighted by Gasteiger charge is -2.25. The molecule has 1 aromatic rings. The topological polar surface area (TPSA) is 52.0 Å². The van der Waals surface area contributed by atoms with Gasteiger partial charge in [-0.2, -0.15) is 0 Å². The zero-order valence-corrected chi connectivity index (χ0v) is 11.6. The Kier molecular flexibility index (Phi) is 4.72. The van der Waals surface area contributed by atoms with Crippen LogP contribution in [0.1, 0.15) is 38.1 Å². The Morgan fingerprint density at radius 2 is 2.22 bits per heavy atom. The summed E-state index contributed by atoms with van der Waals surface area (Å²) >= 11 is 0. The number of fused-ring (bicyclic) bond motifs is 1. The number of hydrogen-bond donors (Lipinski definition) is 1. The van der Waals surface area contributed by atoms with E-state index in [0.717, 1.165) is 36.9 Å². The van der Waals surface area contributed by atoms with Gasteiger partial charge in [-0.25, -0.2) is 4.68 Å². The summed E-state index contributed by atoms with van der Waals surface area (Å²) in [6.45, 7) is 9.90. The summed E-state index contributed by atoms with van der Waals surface area (Å²) in [7, 11) is 0. The first-order valence-corrected chi connectivity index (χ1v) is 6.95. The van der Waals surface area contributed by atoms with Crippen molar-refractivity contribution in [3.05, 3.63) is 11.4 Å². The molecule has 0 bridgehead atoms. The van der Waals surface area contributed by atoms with Gasteiger partial charge >= 0.3 is 0 Å². The van der Waals surface area contributed by atoms with Crippen LogP contribution in [0.3, 0.4) is 0 Å². The van der Waals surface area contributed by atoms with Crippen molar-refractivity contribution in [2.45, 2.75) is 52.9 Å². The Bertz CT molecular complexity index is 373. The lowest BCUT2D eigenvalue weighted by Crippen LogP contribution is -2.38. The van der Waals surface area contributed by atoms with E-state index in [1.54, 1.807) is 0 Å². The molecule has 0 saturated heterocycles. The zero-order valence-electron chi connectivity index (χ0n) is 11.6.